The first-order valence-electron chi connectivity index (χ1n) is 5.50. The third kappa shape index (κ3) is 1.97. The lowest BCUT2D eigenvalue weighted by atomic mass is 10.5. The van der Waals surface area contributed by atoms with Crippen molar-refractivity contribution in [1.29, 1.82) is 0 Å². The van der Waals surface area contributed by atoms with Crippen LogP contribution in [-0.2, 0) is 6.54 Å². The van der Waals surface area contributed by atoms with E-state index >= 15 is 0 Å². The van der Waals surface area contributed by atoms with E-state index < -0.39 is 0 Å². The van der Waals surface area contributed by atoms with Gasteiger partial charge < -0.3 is 5.73 Å². The average Bonchev–Trinajstić information content (AvgIpc) is 2.99. The average molecular weight is 280 g/mol. The number of imidazole rings is 1. The van der Waals surface area contributed by atoms with Crippen molar-refractivity contribution in [3.8, 4) is 0 Å². The summed E-state index contributed by atoms with van der Waals surface area (Å²) in [5.41, 5.74) is 6.80. The molecule has 0 aliphatic carbocycles. The van der Waals surface area contributed by atoms with Crippen molar-refractivity contribution in [2.24, 2.45) is 0 Å². The topological polar surface area (TPSA) is 74.0 Å². The molecule has 18 heavy (non-hydrogen) atoms. The lowest BCUT2D eigenvalue weighted by Gasteiger charge is -2.04. The second-order valence-corrected chi connectivity index (χ2v) is 5.79. The van der Waals surface area contributed by atoms with E-state index in [4.69, 9.17) is 5.73 Å². The Morgan fingerprint density at radius 1 is 1.44 bits per heavy atom. The number of rotatable bonds is 4. The monoisotopic (exact) mass is 280 g/mol. The molecule has 0 bridgehead atoms. The number of thioether (sulfide) groups is 1. The van der Waals surface area contributed by atoms with Gasteiger partial charge in [0, 0.05) is 17.8 Å². The molecule has 2 N–H and O–H groups in total. The van der Waals surface area contributed by atoms with Crippen molar-refractivity contribution in [1.82, 2.24) is 24.1 Å². The van der Waals surface area contributed by atoms with Crippen molar-refractivity contribution in [3.05, 3.63) is 23.5 Å². The van der Waals surface area contributed by atoms with Crippen LogP contribution in [0.1, 0.15) is 12.6 Å². The summed E-state index contributed by atoms with van der Waals surface area (Å²) in [5.74, 6) is 1.37. The number of thiazole rings is 1. The van der Waals surface area contributed by atoms with Gasteiger partial charge in [-0.05, 0) is 5.75 Å². The number of anilines is 1. The Morgan fingerprint density at radius 2 is 2.33 bits per heavy atom. The minimum absolute atomic E-state index is 0.433. The third-order valence-electron chi connectivity index (χ3n) is 2.48. The molecule has 0 saturated carbocycles. The van der Waals surface area contributed by atoms with Crippen molar-refractivity contribution in [2.45, 2.75) is 18.6 Å². The van der Waals surface area contributed by atoms with Crippen molar-refractivity contribution >= 4 is 34.0 Å². The molecule has 3 heterocycles. The normalized spacial score (nSPS) is 11.4. The number of nitrogens with two attached hydrogens (primary N) is 1. The summed E-state index contributed by atoms with van der Waals surface area (Å²) in [6, 6.07) is 0. The number of fused-ring (bicyclic) bond motifs is 1. The molecule has 0 fully saturated rings. The molecule has 0 saturated heterocycles. The van der Waals surface area contributed by atoms with Crippen LogP contribution in [-0.4, -0.2) is 29.9 Å². The van der Waals surface area contributed by atoms with Gasteiger partial charge in [-0.15, -0.1) is 21.5 Å². The highest BCUT2D eigenvalue weighted by atomic mass is 32.2. The largest absolute Gasteiger partial charge is 0.368 e. The molecule has 94 valence electrons. The maximum Gasteiger partial charge on any atom is 0.223 e. The molecular weight excluding hydrogens is 268 g/mol. The van der Waals surface area contributed by atoms with E-state index in [9.17, 15) is 0 Å². The lowest BCUT2D eigenvalue weighted by Crippen LogP contribution is -2.06. The van der Waals surface area contributed by atoms with Crippen LogP contribution < -0.4 is 5.73 Å². The molecule has 0 radical (unpaired) electrons. The first-order valence-corrected chi connectivity index (χ1v) is 7.37. The summed E-state index contributed by atoms with van der Waals surface area (Å²) in [4.78, 5) is 5.52. The van der Waals surface area contributed by atoms with Crippen molar-refractivity contribution < 1.29 is 0 Å². The Hall–Kier alpha value is -1.54. The van der Waals surface area contributed by atoms with Gasteiger partial charge in [0.15, 0.2) is 10.1 Å². The fourth-order valence-corrected chi connectivity index (χ4v) is 3.09. The van der Waals surface area contributed by atoms with E-state index in [-0.39, 0.29) is 0 Å². The first-order chi connectivity index (χ1) is 8.78. The first kappa shape index (κ1) is 11.5. The van der Waals surface area contributed by atoms with E-state index in [2.05, 4.69) is 22.1 Å². The predicted octanol–water partition coefficient (Wildman–Crippen LogP) is 1.73. The van der Waals surface area contributed by atoms with Gasteiger partial charge in [-0.25, -0.2) is 4.98 Å². The highest BCUT2D eigenvalue weighted by Gasteiger charge is 2.11. The predicted molar refractivity (Wildman–Crippen MR) is 73.0 cm³/mol. The smallest absolute Gasteiger partial charge is 0.223 e. The summed E-state index contributed by atoms with van der Waals surface area (Å²) in [6.07, 6.45) is 4.00. The Kier molecular flexibility index (Phi) is 2.96. The van der Waals surface area contributed by atoms with Gasteiger partial charge in [0.1, 0.15) is 0 Å². The quantitative estimate of drug-likeness (QED) is 0.737. The Labute approximate surface area is 112 Å². The molecule has 3 aromatic heterocycles. The highest BCUT2D eigenvalue weighted by molar-refractivity contribution is 7.99. The number of aromatic nitrogens is 5. The molecule has 3 aromatic rings. The fraction of sp³-hybridized carbons (Fsp3) is 0.300. The van der Waals surface area contributed by atoms with Crippen LogP contribution in [0.15, 0.2) is 22.9 Å². The van der Waals surface area contributed by atoms with Crippen LogP contribution >= 0.6 is 23.1 Å². The molecule has 3 rings (SSSR count). The van der Waals surface area contributed by atoms with E-state index in [1.54, 1.807) is 23.1 Å². The summed E-state index contributed by atoms with van der Waals surface area (Å²) < 4.78 is 3.90. The third-order valence-corrected chi connectivity index (χ3v) is 4.10. The minimum atomic E-state index is 0.433. The Bertz CT molecular complexity index is 638. The van der Waals surface area contributed by atoms with Gasteiger partial charge in [0.05, 0.1) is 12.2 Å². The molecule has 0 aromatic carbocycles. The van der Waals surface area contributed by atoms with Gasteiger partial charge in [0.25, 0.3) is 0 Å². The molecule has 8 heteroatoms. The summed E-state index contributed by atoms with van der Waals surface area (Å²) in [6.45, 7) is 2.68. The maximum atomic E-state index is 5.83. The van der Waals surface area contributed by atoms with E-state index in [0.717, 1.165) is 21.6 Å². The fourth-order valence-electron chi connectivity index (χ4n) is 1.70. The number of hydrogen-bond donors (Lipinski definition) is 1. The molecule has 0 spiro atoms. The van der Waals surface area contributed by atoms with Gasteiger partial charge in [-0.3, -0.25) is 8.97 Å². The van der Waals surface area contributed by atoms with Crippen LogP contribution in [0, 0.1) is 0 Å². The molecule has 0 atom stereocenters. The summed E-state index contributed by atoms with van der Waals surface area (Å²) >= 11 is 3.24. The van der Waals surface area contributed by atoms with Crippen LogP contribution in [0.3, 0.4) is 0 Å². The second-order valence-electron chi connectivity index (χ2n) is 3.69. The van der Waals surface area contributed by atoms with E-state index in [1.165, 1.54) is 0 Å². The Morgan fingerprint density at radius 3 is 3.11 bits per heavy atom. The van der Waals surface area contributed by atoms with Crippen molar-refractivity contribution in [2.75, 3.05) is 11.5 Å². The Balaban J connectivity index is 1.91. The minimum Gasteiger partial charge on any atom is -0.368 e. The molecule has 6 nitrogen and oxygen atoms in total. The van der Waals surface area contributed by atoms with Crippen LogP contribution in [0.2, 0.25) is 0 Å². The molecule has 0 aliphatic rings. The lowest BCUT2D eigenvalue weighted by molar-refractivity contribution is 0.705. The van der Waals surface area contributed by atoms with Gasteiger partial charge in [-0.2, -0.15) is 0 Å². The van der Waals surface area contributed by atoms with E-state index in [1.807, 2.05) is 26.7 Å². The van der Waals surface area contributed by atoms with Crippen LogP contribution in [0.25, 0.3) is 4.96 Å². The maximum absolute atomic E-state index is 5.83. The number of nitrogen functional groups attached to an aromatic ring is 1. The van der Waals surface area contributed by atoms with Gasteiger partial charge in [-0.1, -0.05) is 18.7 Å². The van der Waals surface area contributed by atoms with Gasteiger partial charge >= 0.3 is 0 Å². The zero-order valence-corrected chi connectivity index (χ0v) is 11.4. The molecule has 0 aliphatic heterocycles. The zero-order chi connectivity index (χ0) is 12.5. The SMILES string of the molecule is CCSc1nnc(N)n1Cc1cn2ccsc2n1. The van der Waals surface area contributed by atoms with Gasteiger partial charge in [0.2, 0.25) is 5.95 Å². The summed E-state index contributed by atoms with van der Waals surface area (Å²) in [5, 5.41) is 10.8. The number of nitrogens with zero attached hydrogens (tertiary/aromatic N) is 5. The highest BCUT2D eigenvalue weighted by Crippen LogP contribution is 2.20. The van der Waals surface area contributed by atoms with Crippen LogP contribution in [0.4, 0.5) is 5.95 Å². The van der Waals surface area contributed by atoms with E-state index in [0.29, 0.717) is 12.5 Å². The standard InChI is InChI=1S/C10H12N6S2/c1-2-17-10-14-13-8(11)16(10)6-7-5-15-3-4-18-9(15)12-7/h3-5H,2,6H2,1H3,(H2,11,13). The van der Waals surface area contributed by atoms with Crippen molar-refractivity contribution in [3.63, 3.8) is 0 Å². The summed E-state index contributed by atoms with van der Waals surface area (Å²) in [7, 11) is 0. The number of hydrogen-bond acceptors (Lipinski definition) is 6. The van der Waals surface area contributed by atoms with Crippen LogP contribution in [0.5, 0.6) is 0 Å². The molecule has 0 amide bonds. The molecular formula is C10H12N6S2. The molecule has 0 unspecified atom stereocenters. The zero-order valence-electron chi connectivity index (χ0n) is 9.78. The second kappa shape index (κ2) is 4.62.